The smallest absolute Gasteiger partial charge is 0.319 e. The molecule has 1 unspecified atom stereocenters. The average molecular weight is 428 g/mol. The fourth-order valence-corrected chi connectivity index (χ4v) is 4.53. The molecule has 1 fully saturated rings. The molecule has 2 amide bonds. The molecular formula is C24H33N3O2S. The van der Waals surface area contributed by atoms with Crippen molar-refractivity contribution in [2.45, 2.75) is 50.0 Å². The molecule has 2 N–H and O–H groups in total. The van der Waals surface area contributed by atoms with E-state index in [1.807, 2.05) is 30.8 Å². The molecule has 2 aromatic carbocycles. The van der Waals surface area contributed by atoms with E-state index >= 15 is 0 Å². The van der Waals surface area contributed by atoms with Crippen LogP contribution in [0.25, 0.3) is 0 Å². The van der Waals surface area contributed by atoms with E-state index < -0.39 is 0 Å². The van der Waals surface area contributed by atoms with Crippen molar-refractivity contribution < 1.29 is 9.53 Å². The Labute approximate surface area is 184 Å². The number of hydrogen-bond acceptors (Lipinski definition) is 4. The third-order valence-electron chi connectivity index (χ3n) is 4.83. The summed E-state index contributed by atoms with van der Waals surface area (Å²) < 4.78 is 6.01. The van der Waals surface area contributed by atoms with E-state index in [9.17, 15) is 4.79 Å². The highest BCUT2D eigenvalue weighted by Gasteiger charge is 2.21. The Morgan fingerprint density at radius 2 is 1.97 bits per heavy atom. The molecule has 0 saturated carbocycles. The first-order valence-corrected chi connectivity index (χ1v) is 11.3. The number of hydrogen-bond donors (Lipinski definition) is 2. The van der Waals surface area contributed by atoms with Crippen LogP contribution in [0, 0.1) is 6.92 Å². The van der Waals surface area contributed by atoms with Gasteiger partial charge in [0.25, 0.3) is 0 Å². The highest BCUT2D eigenvalue weighted by molar-refractivity contribution is 8.00. The minimum Gasteiger partial charge on any atom is -0.374 e. The molecule has 5 nitrogen and oxygen atoms in total. The minimum atomic E-state index is -0.196. The van der Waals surface area contributed by atoms with Crippen molar-refractivity contribution in [3.8, 4) is 0 Å². The number of rotatable bonds is 6. The number of ether oxygens (including phenoxy) is 1. The number of benzene rings is 2. The van der Waals surface area contributed by atoms with Crippen LogP contribution in [0.15, 0.2) is 53.4 Å². The number of carbonyl (C=O) groups excluding carboxylic acids is 1. The monoisotopic (exact) mass is 427 g/mol. The fraction of sp³-hybridized carbons (Fsp3) is 0.458. The van der Waals surface area contributed by atoms with E-state index in [4.69, 9.17) is 4.74 Å². The lowest BCUT2D eigenvalue weighted by atomic mass is 10.2. The fourth-order valence-electron chi connectivity index (χ4n) is 3.46. The van der Waals surface area contributed by atoms with Crippen LogP contribution in [0.1, 0.15) is 31.9 Å². The summed E-state index contributed by atoms with van der Waals surface area (Å²) in [7, 11) is 0. The lowest BCUT2D eigenvalue weighted by Crippen LogP contribution is -2.47. The molecule has 3 rings (SSSR count). The second-order valence-corrected chi connectivity index (χ2v) is 10.6. The molecule has 0 radical (unpaired) electrons. The van der Waals surface area contributed by atoms with E-state index in [-0.39, 0.29) is 16.9 Å². The van der Waals surface area contributed by atoms with Gasteiger partial charge in [0.15, 0.2) is 0 Å². The molecule has 1 atom stereocenters. The summed E-state index contributed by atoms with van der Waals surface area (Å²) in [6.07, 6.45) is -0.000120. The van der Waals surface area contributed by atoms with Gasteiger partial charge in [0.2, 0.25) is 0 Å². The van der Waals surface area contributed by atoms with Gasteiger partial charge in [0.1, 0.15) is 0 Å². The van der Waals surface area contributed by atoms with Crippen molar-refractivity contribution in [3.05, 3.63) is 59.7 Å². The quantitative estimate of drug-likeness (QED) is 0.643. The second kappa shape index (κ2) is 10.3. The number of amides is 2. The van der Waals surface area contributed by atoms with Crippen molar-refractivity contribution in [3.63, 3.8) is 0 Å². The van der Waals surface area contributed by atoms with E-state index in [2.05, 4.69) is 72.7 Å². The molecule has 2 aromatic rings. The summed E-state index contributed by atoms with van der Waals surface area (Å²) in [6.45, 7) is 12.4. The predicted molar refractivity (Wildman–Crippen MR) is 125 cm³/mol. The largest absolute Gasteiger partial charge is 0.374 e. The molecule has 1 aliphatic heterocycles. The Morgan fingerprint density at radius 3 is 2.67 bits per heavy atom. The zero-order chi connectivity index (χ0) is 21.6. The van der Waals surface area contributed by atoms with E-state index in [1.165, 1.54) is 10.5 Å². The summed E-state index contributed by atoms with van der Waals surface area (Å²) in [5.41, 5.74) is 3.19. The van der Waals surface area contributed by atoms with Crippen LogP contribution in [-0.2, 0) is 11.3 Å². The third kappa shape index (κ3) is 7.35. The molecule has 0 aliphatic carbocycles. The normalized spacial score (nSPS) is 17.5. The Kier molecular flexibility index (Phi) is 7.81. The van der Waals surface area contributed by atoms with Gasteiger partial charge in [0, 0.05) is 41.5 Å². The van der Waals surface area contributed by atoms with Crippen LogP contribution in [0.2, 0.25) is 0 Å². The molecule has 0 aromatic heterocycles. The number of urea groups is 1. The van der Waals surface area contributed by atoms with Crippen molar-refractivity contribution in [2.24, 2.45) is 0 Å². The average Bonchev–Trinajstić information content (AvgIpc) is 2.68. The van der Waals surface area contributed by atoms with E-state index in [1.54, 1.807) is 0 Å². The van der Waals surface area contributed by atoms with Crippen molar-refractivity contribution in [1.82, 2.24) is 10.2 Å². The number of nitrogens with one attached hydrogen (secondary N) is 2. The second-order valence-electron chi connectivity index (χ2n) is 8.74. The van der Waals surface area contributed by atoms with E-state index in [0.717, 1.165) is 30.9 Å². The standard InChI is InChI=1S/C24H33N3O2S/c1-18-14-21(30-24(2,3)4)10-11-22(18)26-23(28)25-15-20-17-27(12-13-29-20)16-19-8-6-5-7-9-19/h5-11,14,20H,12-13,15-17H2,1-4H3,(H2,25,26,28). The number of aryl methyl sites for hydroxylation is 1. The summed E-state index contributed by atoms with van der Waals surface area (Å²) in [6, 6.07) is 16.4. The molecule has 162 valence electrons. The third-order valence-corrected chi connectivity index (χ3v) is 5.93. The van der Waals surface area contributed by atoms with Crippen LogP contribution in [0.3, 0.4) is 0 Å². The van der Waals surface area contributed by atoms with Gasteiger partial charge in [-0.25, -0.2) is 4.79 Å². The first-order valence-electron chi connectivity index (χ1n) is 10.5. The summed E-state index contributed by atoms with van der Waals surface area (Å²) in [5, 5.41) is 5.92. The van der Waals surface area contributed by atoms with E-state index in [0.29, 0.717) is 13.2 Å². The van der Waals surface area contributed by atoms with Crippen LogP contribution in [0.5, 0.6) is 0 Å². The van der Waals surface area contributed by atoms with Crippen LogP contribution in [-0.4, -0.2) is 48.0 Å². The SMILES string of the molecule is Cc1cc(SC(C)(C)C)ccc1NC(=O)NCC1CN(Cc2ccccc2)CCO1. The van der Waals surface area contributed by atoms with Gasteiger partial charge in [-0.2, -0.15) is 0 Å². The highest BCUT2D eigenvalue weighted by Crippen LogP contribution is 2.33. The van der Waals surface area contributed by atoms with Crippen LogP contribution < -0.4 is 10.6 Å². The van der Waals surface area contributed by atoms with Gasteiger partial charge < -0.3 is 15.4 Å². The van der Waals surface area contributed by atoms with Crippen molar-refractivity contribution >= 4 is 23.5 Å². The maximum absolute atomic E-state index is 12.4. The minimum absolute atomic E-state index is 0.000120. The highest BCUT2D eigenvalue weighted by atomic mass is 32.2. The Hall–Kier alpha value is -2.02. The first-order chi connectivity index (χ1) is 14.3. The molecule has 6 heteroatoms. The molecule has 0 bridgehead atoms. The molecule has 0 spiro atoms. The molecule has 1 saturated heterocycles. The van der Waals surface area contributed by atoms with Gasteiger partial charge in [-0.15, -0.1) is 11.8 Å². The van der Waals surface area contributed by atoms with Gasteiger partial charge in [-0.3, -0.25) is 4.90 Å². The summed E-state index contributed by atoms with van der Waals surface area (Å²) >= 11 is 1.82. The van der Waals surface area contributed by atoms with Crippen molar-refractivity contribution in [2.75, 3.05) is 31.6 Å². The number of anilines is 1. The molecule has 1 heterocycles. The lowest BCUT2D eigenvalue weighted by molar-refractivity contribution is -0.0285. The topological polar surface area (TPSA) is 53.6 Å². The summed E-state index contributed by atoms with van der Waals surface area (Å²) in [5.74, 6) is 0. The maximum atomic E-state index is 12.4. The number of thioether (sulfide) groups is 1. The molecule has 1 aliphatic rings. The Balaban J connectivity index is 1.46. The number of nitrogens with zero attached hydrogens (tertiary/aromatic N) is 1. The number of morpholine rings is 1. The van der Waals surface area contributed by atoms with Gasteiger partial charge in [-0.1, -0.05) is 51.1 Å². The zero-order valence-corrected chi connectivity index (χ0v) is 19.2. The van der Waals surface area contributed by atoms with Gasteiger partial charge >= 0.3 is 6.03 Å². The lowest BCUT2D eigenvalue weighted by Gasteiger charge is -2.33. The first kappa shape index (κ1) is 22.7. The van der Waals surface area contributed by atoms with Crippen molar-refractivity contribution in [1.29, 1.82) is 0 Å². The Bertz CT molecular complexity index is 836. The predicted octanol–water partition coefficient (Wildman–Crippen LogP) is 4.91. The maximum Gasteiger partial charge on any atom is 0.319 e. The molecule has 30 heavy (non-hydrogen) atoms. The summed E-state index contributed by atoms with van der Waals surface area (Å²) in [4.78, 5) is 16.0. The zero-order valence-electron chi connectivity index (χ0n) is 18.4. The van der Waals surface area contributed by atoms with Gasteiger partial charge in [0.05, 0.1) is 12.7 Å². The van der Waals surface area contributed by atoms with Crippen LogP contribution in [0.4, 0.5) is 10.5 Å². The molecular weight excluding hydrogens is 394 g/mol. The Morgan fingerprint density at radius 1 is 1.20 bits per heavy atom. The number of carbonyl (C=O) groups is 1. The van der Waals surface area contributed by atoms with Gasteiger partial charge in [-0.05, 0) is 36.2 Å². The van der Waals surface area contributed by atoms with Crippen LogP contribution >= 0.6 is 11.8 Å².